The summed E-state index contributed by atoms with van der Waals surface area (Å²) < 4.78 is 1.96. The molecule has 1 atom stereocenters. The van der Waals surface area contributed by atoms with Gasteiger partial charge in [-0.2, -0.15) is 5.10 Å². The highest BCUT2D eigenvalue weighted by Gasteiger charge is 2.05. The number of nitrogens with zero attached hydrogens (tertiary/aromatic N) is 3. The number of aromatic nitrogens is 2. The molecule has 2 aromatic rings. The van der Waals surface area contributed by atoms with Gasteiger partial charge in [0, 0.05) is 39.1 Å². The highest BCUT2D eigenvalue weighted by molar-refractivity contribution is 5.79. The van der Waals surface area contributed by atoms with Crippen LogP contribution in [0.25, 0.3) is 0 Å². The molecule has 0 saturated carbocycles. The fraction of sp³-hybridized carbons (Fsp3) is 0.474. The van der Waals surface area contributed by atoms with E-state index in [1.807, 2.05) is 30.2 Å². The Morgan fingerprint density at radius 2 is 1.96 bits per heavy atom. The highest BCUT2D eigenvalue weighted by Crippen LogP contribution is 2.08. The molecule has 0 aliphatic rings. The van der Waals surface area contributed by atoms with Gasteiger partial charge >= 0.3 is 0 Å². The van der Waals surface area contributed by atoms with Crippen LogP contribution in [0, 0.1) is 19.8 Å². The first kappa shape index (κ1) is 18.0. The molecule has 0 radical (unpaired) electrons. The van der Waals surface area contributed by atoms with E-state index in [0.29, 0.717) is 5.92 Å². The van der Waals surface area contributed by atoms with Gasteiger partial charge in [-0.05, 0) is 37.8 Å². The number of hydrogen-bond donors (Lipinski definition) is 2. The summed E-state index contributed by atoms with van der Waals surface area (Å²) in [6.07, 6.45) is 4.80. The number of guanidine groups is 1. The van der Waals surface area contributed by atoms with Crippen molar-refractivity contribution in [2.24, 2.45) is 10.9 Å². The van der Waals surface area contributed by atoms with Gasteiger partial charge < -0.3 is 10.6 Å². The van der Waals surface area contributed by atoms with Crippen molar-refractivity contribution in [1.29, 1.82) is 0 Å². The Morgan fingerprint density at radius 1 is 1.21 bits per heavy atom. The molecule has 5 heteroatoms. The Bertz CT molecular complexity index is 626. The van der Waals surface area contributed by atoms with Crippen molar-refractivity contribution in [2.45, 2.75) is 33.7 Å². The number of aliphatic imine (C=N–C) groups is 1. The Hall–Kier alpha value is -2.30. The molecule has 1 aromatic carbocycles. The molecule has 0 aliphatic heterocycles. The topological polar surface area (TPSA) is 54.2 Å². The lowest BCUT2D eigenvalue weighted by Gasteiger charge is -2.16. The fourth-order valence-electron chi connectivity index (χ4n) is 2.82. The summed E-state index contributed by atoms with van der Waals surface area (Å²) in [6, 6.07) is 8.65. The van der Waals surface area contributed by atoms with Crippen molar-refractivity contribution in [2.75, 3.05) is 20.1 Å². The second-order valence-electron chi connectivity index (χ2n) is 6.46. The van der Waals surface area contributed by atoms with Crippen LogP contribution in [0.3, 0.4) is 0 Å². The zero-order chi connectivity index (χ0) is 17.4. The average Bonchev–Trinajstić information content (AvgIpc) is 3.02. The Labute approximate surface area is 145 Å². The van der Waals surface area contributed by atoms with Crippen LogP contribution in [-0.2, 0) is 13.0 Å². The van der Waals surface area contributed by atoms with Gasteiger partial charge in [0.1, 0.15) is 0 Å². The Morgan fingerprint density at radius 3 is 2.58 bits per heavy atom. The minimum absolute atomic E-state index is 0.475. The summed E-state index contributed by atoms with van der Waals surface area (Å²) in [5, 5.41) is 11.0. The second kappa shape index (κ2) is 9.11. The molecule has 2 N–H and O–H groups in total. The number of hydrogen-bond acceptors (Lipinski definition) is 2. The fourth-order valence-corrected chi connectivity index (χ4v) is 2.82. The average molecular weight is 327 g/mol. The Kier molecular flexibility index (Phi) is 6.85. The predicted molar refractivity (Wildman–Crippen MR) is 100 cm³/mol. The van der Waals surface area contributed by atoms with E-state index >= 15 is 0 Å². The number of nitrogens with one attached hydrogen (secondary N) is 2. The maximum Gasteiger partial charge on any atom is 0.190 e. The molecule has 1 heterocycles. The summed E-state index contributed by atoms with van der Waals surface area (Å²) in [7, 11) is 1.81. The third kappa shape index (κ3) is 6.07. The van der Waals surface area contributed by atoms with Gasteiger partial charge in [-0.25, -0.2) is 0 Å². The Balaban J connectivity index is 1.72. The quantitative estimate of drug-likeness (QED) is 0.607. The highest BCUT2D eigenvalue weighted by atomic mass is 15.3. The molecule has 130 valence electrons. The van der Waals surface area contributed by atoms with Gasteiger partial charge in [-0.15, -0.1) is 0 Å². The lowest BCUT2D eigenvalue weighted by Crippen LogP contribution is -2.40. The summed E-state index contributed by atoms with van der Waals surface area (Å²) in [4.78, 5) is 4.30. The van der Waals surface area contributed by atoms with Crippen LogP contribution < -0.4 is 10.6 Å². The molecule has 2 rings (SSSR count). The van der Waals surface area contributed by atoms with Crippen LogP contribution >= 0.6 is 0 Å². The minimum Gasteiger partial charge on any atom is -0.356 e. The van der Waals surface area contributed by atoms with Crippen molar-refractivity contribution < 1.29 is 0 Å². The van der Waals surface area contributed by atoms with Crippen LogP contribution in [0.5, 0.6) is 0 Å². The third-order valence-corrected chi connectivity index (χ3v) is 3.89. The van der Waals surface area contributed by atoms with E-state index in [1.54, 1.807) is 0 Å². The minimum atomic E-state index is 0.475. The molecule has 5 nitrogen and oxygen atoms in total. The second-order valence-corrected chi connectivity index (χ2v) is 6.46. The van der Waals surface area contributed by atoms with Crippen LogP contribution in [0.15, 0.2) is 41.7 Å². The van der Waals surface area contributed by atoms with Crippen molar-refractivity contribution in [1.82, 2.24) is 20.4 Å². The van der Waals surface area contributed by atoms with Crippen molar-refractivity contribution in [3.8, 4) is 0 Å². The van der Waals surface area contributed by atoms with Gasteiger partial charge in [0.2, 0.25) is 0 Å². The van der Waals surface area contributed by atoms with E-state index in [0.717, 1.165) is 32.0 Å². The van der Waals surface area contributed by atoms with E-state index < -0.39 is 0 Å². The SMILES string of the molecule is CN=C(NCCc1cc(C)cc(C)c1)NCC(C)Cn1cccn1. The van der Waals surface area contributed by atoms with Gasteiger partial charge in [-0.1, -0.05) is 36.2 Å². The molecular formula is C19H29N5. The van der Waals surface area contributed by atoms with E-state index in [4.69, 9.17) is 0 Å². The molecule has 1 unspecified atom stereocenters. The molecule has 0 saturated heterocycles. The smallest absolute Gasteiger partial charge is 0.190 e. The van der Waals surface area contributed by atoms with Gasteiger partial charge in [0.25, 0.3) is 0 Å². The molecule has 0 aliphatic carbocycles. The lowest BCUT2D eigenvalue weighted by molar-refractivity contribution is 0.443. The zero-order valence-electron chi connectivity index (χ0n) is 15.2. The van der Waals surface area contributed by atoms with Crippen molar-refractivity contribution in [3.63, 3.8) is 0 Å². The lowest BCUT2D eigenvalue weighted by atomic mass is 10.1. The maximum absolute atomic E-state index is 4.30. The van der Waals surface area contributed by atoms with Crippen LogP contribution in [0.1, 0.15) is 23.6 Å². The summed E-state index contributed by atoms with van der Waals surface area (Å²) in [5.41, 5.74) is 4.00. The largest absolute Gasteiger partial charge is 0.356 e. The summed E-state index contributed by atoms with van der Waals surface area (Å²) in [6.45, 7) is 9.13. The number of rotatable bonds is 7. The van der Waals surface area contributed by atoms with E-state index in [-0.39, 0.29) is 0 Å². The molecule has 0 spiro atoms. The molecule has 1 aromatic heterocycles. The monoisotopic (exact) mass is 327 g/mol. The summed E-state index contributed by atoms with van der Waals surface area (Å²) in [5.74, 6) is 1.33. The van der Waals surface area contributed by atoms with Crippen LogP contribution in [0.2, 0.25) is 0 Å². The zero-order valence-corrected chi connectivity index (χ0v) is 15.2. The maximum atomic E-state index is 4.30. The van der Waals surface area contributed by atoms with Gasteiger partial charge in [0.15, 0.2) is 5.96 Å². The van der Waals surface area contributed by atoms with E-state index in [9.17, 15) is 0 Å². The number of benzene rings is 1. The van der Waals surface area contributed by atoms with Crippen LogP contribution in [-0.4, -0.2) is 35.9 Å². The molecule has 0 fully saturated rings. The normalized spacial score (nSPS) is 12.9. The third-order valence-electron chi connectivity index (χ3n) is 3.89. The van der Waals surface area contributed by atoms with Crippen LogP contribution in [0.4, 0.5) is 0 Å². The predicted octanol–water partition coefficient (Wildman–Crippen LogP) is 2.54. The molecule has 0 amide bonds. The summed E-state index contributed by atoms with van der Waals surface area (Å²) >= 11 is 0. The molecule has 0 bridgehead atoms. The standard InChI is InChI=1S/C19H29N5/c1-15-10-16(2)12-18(11-15)6-8-21-19(20-4)22-13-17(3)14-24-9-5-7-23-24/h5,7,9-12,17H,6,8,13-14H2,1-4H3,(H2,20,21,22). The molecular weight excluding hydrogens is 298 g/mol. The van der Waals surface area contributed by atoms with E-state index in [2.05, 4.69) is 59.7 Å². The number of aryl methyl sites for hydroxylation is 2. The van der Waals surface area contributed by atoms with Gasteiger partial charge in [-0.3, -0.25) is 9.67 Å². The van der Waals surface area contributed by atoms with Crippen molar-refractivity contribution in [3.05, 3.63) is 53.3 Å². The first-order valence-electron chi connectivity index (χ1n) is 8.56. The molecule has 24 heavy (non-hydrogen) atoms. The first-order valence-corrected chi connectivity index (χ1v) is 8.56. The van der Waals surface area contributed by atoms with Gasteiger partial charge in [0.05, 0.1) is 0 Å². The first-order chi connectivity index (χ1) is 11.6. The van der Waals surface area contributed by atoms with E-state index in [1.165, 1.54) is 16.7 Å². The van der Waals surface area contributed by atoms with Crippen molar-refractivity contribution >= 4 is 5.96 Å².